The van der Waals surface area contributed by atoms with Crippen LogP contribution in [0.1, 0.15) is 30.5 Å². The number of aliphatic hydroxyl groups excluding tert-OH is 1. The summed E-state index contributed by atoms with van der Waals surface area (Å²) in [5.41, 5.74) is 8.59. The van der Waals surface area contributed by atoms with Crippen molar-refractivity contribution < 1.29 is 13.5 Å². The molecule has 5 nitrogen and oxygen atoms in total. The molecule has 0 atom stereocenters. The maximum absolute atomic E-state index is 12.8. The molecule has 0 unspecified atom stereocenters. The van der Waals surface area contributed by atoms with E-state index in [0.29, 0.717) is 16.8 Å². The molecule has 0 aromatic heterocycles. The van der Waals surface area contributed by atoms with Gasteiger partial charge in [0.2, 0.25) is 10.0 Å². The predicted molar refractivity (Wildman–Crippen MR) is 81.2 cm³/mol. The number of anilines is 1. The van der Waals surface area contributed by atoms with Gasteiger partial charge in [-0.15, -0.1) is 0 Å². The van der Waals surface area contributed by atoms with Crippen molar-refractivity contribution in [1.29, 1.82) is 0 Å². The molecular weight excluding hydrogens is 276 g/mol. The number of hydrogen-bond donors (Lipinski definition) is 2. The lowest BCUT2D eigenvalue weighted by Crippen LogP contribution is -2.39. The van der Waals surface area contributed by atoms with Gasteiger partial charge in [0.1, 0.15) is 0 Å². The van der Waals surface area contributed by atoms with Crippen molar-refractivity contribution in [2.24, 2.45) is 0 Å². The molecule has 0 saturated carbocycles. The third kappa shape index (κ3) is 2.97. The van der Waals surface area contributed by atoms with E-state index in [0.717, 1.165) is 5.56 Å². The van der Waals surface area contributed by atoms with Gasteiger partial charge in [-0.1, -0.05) is 6.07 Å². The fourth-order valence-electron chi connectivity index (χ4n) is 2.45. The third-order valence-corrected chi connectivity index (χ3v) is 5.79. The highest BCUT2D eigenvalue weighted by molar-refractivity contribution is 7.89. The first-order valence-corrected chi connectivity index (χ1v) is 8.07. The Hall–Kier alpha value is -1.11. The highest BCUT2D eigenvalue weighted by Gasteiger charge is 2.30. The third-order valence-electron chi connectivity index (χ3n) is 3.42. The fraction of sp³-hybridized carbons (Fsp3) is 0.571. The molecule has 0 spiro atoms. The molecule has 0 bridgehead atoms. The molecule has 1 aromatic carbocycles. The summed E-state index contributed by atoms with van der Waals surface area (Å²) >= 11 is 0. The lowest BCUT2D eigenvalue weighted by Gasteiger charge is -2.27. The first-order valence-electron chi connectivity index (χ1n) is 6.63. The minimum absolute atomic E-state index is 0.0761. The Morgan fingerprint density at radius 2 is 1.80 bits per heavy atom. The fourth-order valence-corrected chi connectivity index (χ4v) is 4.52. The van der Waals surface area contributed by atoms with Crippen molar-refractivity contribution in [3.05, 3.63) is 22.8 Å². The molecule has 3 N–H and O–H groups in total. The smallest absolute Gasteiger partial charge is 0.243 e. The molecule has 0 heterocycles. The minimum atomic E-state index is -3.67. The number of nitrogens with zero attached hydrogens (tertiary/aromatic N) is 1. The topological polar surface area (TPSA) is 83.6 Å². The van der Waals surface area contributed by atoms with E-state index in [4.69, 9.17) is 10.8 Å². The van der Waals surface area contributed by atoms with Crippen LogP contribution < -0.4 is 5.73 Å². The van der Waals surface area contributed by atoms with Crippen LogP contribution in [0.15, 0.2) is 11.0 Å². The average molecular weight is 300 g/mol. The predicted octanol–water partition coefficient (Wildman–Crippen LogP) is 1.59. The summed E-state index contributed by atoms with van der Waals surface area (Å²) in [7, 11) is -3.67. The van der Waals surface area contributed by atoms with Gasteiger partial charge >= 0.3 is 0 Å². The van der Waals surface area contributed by atoms with Crippen LogP contribution in [-0.2, 0) is 10.0 Å². The first kappa shape index (κ1) is 16.9. The number of benzene rings is 1. The molecule has 1 rings (SSSR count). The van der Waals surface area contributed by atoms with Gasteiger partial charge in [-0.3, -0.25) is 0 Å². The van der Waals surface area contributed by atoms with Crippen LogP contribution >= 0.6 is 0 Å². The van der Waals surface area contributed by atoms with E-state index >= 15 is 0 Å². The molecular formula is C14H24N2O3S. The summed E-state index contributed by atoms with van der Waals surface area (Å²) in [5.74, 6) is 0. The summed E-state index contributed by atoms with van der Waals surface area (Å²) in [4.78, 5) is 0.253. The van der Waals surface area contributed by atoms with E-state index < -0.39 is 10.0 Å². The van der Waals surface area contributed by atoms with Gasteiger partial charge in [0.15, 0.2) is 0 Å². The largest absolute Gasteiger partial charge is 0.398 e. The van der Waals surface area contributed by atoms with Gasteiger partial charge in [0.05, 0.1) is 11.5 Å². The van der Waals surface area contributed by atoms with Crippen LogP contribution in [0.4, 0.5) is 5.69 Å². The second-order valence-corrected chi connectivity index (χ2v) is 7.14. The quantitative estimate of drug-likeness (QED) is 0.809. The lowest BCUT2D eigenvalue weighted by atomic mass is 10.1. The van der Waals surface area contributed by atoms with Crippen LogP contribution in [0.3, 0.4) is 0 Å². The first-order chi connectivity index (χ1) is 9.14. The molecule has 20 heavy (non-hydrogen) atoms. The van der Waals surface area contributed by atoms with E-state index in [9.17, 15) is 8.42 Å². The standard InChI is InChI=1S/C14H24N2O3S/c1-9(2)16(6-7-17)20(18,19)14-11(4)8-10(3)13(15)12(14)5/h8-9,17H,6-7,15H2,1-5H3. The molecule has 0 radical (unpaired) electrons. The molecule has 0 saturated heterocycles. The summed E-state index contributed by atoms with van der Waals surface area (Å²) in [6.45, 7) is 8.79. The van der Waals surface area contributed by atoms with E-state index in [1.54, 1.807) is 33.8 Å². The monoisotopic (exact) mass is 300 g/mol. The average Bonchev–Trinajstić information content (AvgIpc) is 2.32. The summed E-state index contributed by atoms with van der Waals surface area (Å²) in [6, 6.07) is 1.56. The minimum Gasteiger partial charge on any atom is -0.398 e. The summed E-state index contributed by atoms with van der Waals surface area (Å²) in [5, 5.41) is 9.10. The molecule has 0 aliphatic heterocycles. The second kappa shape index (κ2) is 6.11. The molecule has 114 valence electrons. The molecule has 0 fully saturated rings. The number of aliphatic hydroxyl groups is 1. The van der Waals surface area contributed by atoms with Crippen molar-refractivity contribution in [1.82, 2.24) is 4.31 Å². The van der Waals surface area contributed by atoms with Crippen LogP contribution in [0, 0.1) is 20.8 Å². The maximum Gasteiger partial charge on any atom is 0.243 e. The van der Waals surface area contributed by atoms with Crippen LogP contribution in [-0.4, -0.2) is 37.0 Å². The van der Waals surface area contributed by atoms with Gasteiger partial charge in [-0.25, -0.2) is 8.42 Å². The lowest BCUT2D eigenvalue weighted by molar-refractivity contribution is 0.236. The number of hydrogen-bond acceptors (Lipinski definition) is 4. The second-order valence-electron chi connectivity index (χ2n) is 5.31. The molecule has 6 heteroatoms. The molecule has 1 aromatic rings. The molecule has 0 amide bonds. The van der Waals surface area contributed by atoms with Crippen molar-refractivity contribution in [2.75, 3.05) is 18.9 Å². The van der Waals surface area contributed by atoms with Crippen LogP contribution in [0.25, 0.3) is 0 Å². The number of sulfonamides is 1. The highest BCUT2D eigenvalue weighted by atomic mass is 32.2. The molecule has 0 aliphatic carbocycles. The van der Waals surface area contributed by atoms with E-state index in [1.165, 1.54) is 4.31 Å². The Morgan fingerprint density at radius 3 is 2.25 bits per heavy atom. The van der Waals surface area contributed by atoms with Crippen molar-refractivity contribution in [3.8, 4) is 0 Å². The van der Waals surface area contributed by atoms with E-state index in [1.807, 2.05) is 6.92 Å². The number of aryl methyl sites for hydroxylation is 2. The summed E-state index contributed by atoms with van der Waals surface area (Å²) in [6.07, 6.45) is 0. The zero-order valence-electron chi connectivity index (χ0n) is 12.8. The SMILES string of the molecule is Cc1cc(C)c(S(=O)(=O)N(CCO)C(C)C)c(C)c1N. The van der Waals surface area contributed by atoms with Gasteiger partial charge < -0.3 is 10.8 Å². The Bertz CT molecular complexity index is 595. The Balaban J connectivity index is 3.54. The zero-order valence-corrected chi connectivity index (χ0v) is 13.6. The van der Waals surface area contributed by atoms with Gasteiger partial charge in [-0.2, -0.15) is 4.31 Å². The van der Waals surface area contributed by atoms with Crippen LogP contribution in [0.5, 0.6) is 0 Å². The van der Waals surface area contributed by atoms with Crippen molar-refractivity contribution in [2.45, 2.75) is 45.6 Å². The number of nitrogens with two attached hydrogens (primary N) is 1. The normalized spacial score (nSPS) is 12.4. The molecule has 0 aliphatic rings. The Labute approximate surface area is 121 Å². The Morgan fingerprint density at radius 1 is 1.25 bits per heavy atom. The number of nitrogen functional groups attached to an aromatic ring is 1. The van der Waals surface area contributed by atoms with Crippen molar-refractivity contribution >= 4 is 15.7 Å². The van der Waals surface area contributed by atoms with E-state index in [-0.39, 0.29) is 24.1 Å². The van der Waals surface area contributed by atoms with Gasteiger partial charge in [-0.05, 0) is 51.3 Å². The summed E-state index contributed by atoms with van der Waals surface area (Å²) < 4.78 is 27.0. The van der Waals surface area contributed by atoms with Crippen LogP contribution in [0.2, 0.25) is 0 Å². The number of rotatable bonds is 5. The Kier molecular flexibility index (Phi) is 5.18. The van der Waals surface area contributed by atoms with Gasteiger partial charge in [0, 0.05) is 18.3 Å². The maximum atomic E-state index is 12.8. The van der Waals surface area contributed by atoms with E-state index in [2.05, 4.69) is 0 Å². The van der Waals surface area contributed by atoms with Crippen molar-refractivity contribution in [3.63, 3.8) is 0 Å². The zero-order chi connectivity index (χ0) is 15.7. The highest BCUT2D eigenvalue weighted by Crippen LogP contribution is 2.30. The van der Waals surface area contributed by atoms with Gasteiger partial charge in [0.25, 0.3) is 0 Å².